The standard InChI is InChI=1S/C77H148N8O18/c1-23-26-55-85(70(97)103-76(20,21)22)77(81-66(93)99-72(8,9)10,84(53-25-3)69(96)102-75(17,18)19)58(56-82(67(94)100-73(11,12)13)54-46-48-59(80-65(92)98-71(5,6)7)83(52-24-2)68(95)101-74(14,15)16)47-42-39-41-44-50-78-60(87)49-43-38-36-34-32-30-28-27-29-31-33-35-37-40-45-51-79-64(91)63(90)62(89)61(88)57(4)86/h57-59,61-63,86,88-90H,23-56H2,1-22H3,(H,78,87)(H,79,91)(H,80,92)(H,81,93)/t57-,58?,59?,61-,62+,63-,77?/m1/s1. The number of unbranched alkanes of at least 4 members (excludes halogenated alkanes) is 18. The molecular weight excluding hydrogens is 1320 g/mol. The van der Waals surface area contributed by atoms with Gasteiger partial charge in [-0.05, 0) is 189 Å². The average molecular weight is 1470 g/mol. The van der Waals surface area contributed by atoms with E-state index in [1.165, 1.54) is 65.0 Å². The Morgan fingerprint density at radius 3 is 1.22 bits per heavy atom. The lowest BCUT2D eigenvalue weighted by atomic mass is 9.89. The molecule has 0 aromatic rings. The number of rotatable bonds is 48. The van der Waals surface area contributed by atoms with Crippen LogP contribution in [0.3, 0.4) is 0 Å². The van der Waals surface area contributed by atoms with Crippen LogP contribution in [0, 0.1) is 5.92 Å². The van der Waals surface area contributed by atoms with Gasteiger partial charge in [0.25, 0.3) is 5.91 Å². The summed E-state index contributed by atoms with van der Waals surface area (Å²) in [6, 6.07) is 0. The lowest BCUT2D eigenvalue weighted by molar-refractivity contribution is -0.145. The molecule has 8 amide bonds. The summed E-state index contributed by atoms with van der Waals surface area (Å²) in [6.07, 6.45) is 8.86. The predicted octanol–water partition coefficient (Wildman–Crippen LogP) is 14.9. The minimum absolute atomic E-state index is 0.00316. The van der Waals surface area contributed by atoms with Crippen LogP contribution >= 0.6 is 0 Å². The maximum absolute atomic E-state index is 15.4. The van der Waals surface area contributed by atoms with Crippen LogP contribution in [0.1, 0.15) is 326 Å². The maximum atomic E-state index is 15.4. The highest BCUT2D eigenvalue weighted by Crippen LogP contribution is 2.37. The van der Waals surface area contributed by atoms with Gasteiger partial charge in [-0.25, -0.2) is 28.8 Å². The summed E-state index contributed by atoms with van der Waals surface area (Å²) in [6.45, 7) is 38.7. The van der Waals surface area contributed by atoms with Crippen LogP contribution < -0.4 is 21.3 Å². The van der Waals surface area contributed by atoms with E-state index >= 15 is 14.4 Å². The molecule has 0 spiro atoms. The Morgan fingerprint density at radius 1 is 0.388 bits per heavy atom. The average Bonchev–Trinajstić information content (AvgIpc) is 0.744. The second kappa shape index (κ2) is 48.6. The topological polar surface area (TPSA) is 334 Å². The first-order valence-electron chi connectivity index (χ1n) is 38.9. The highest BCUT2D eigenvalue weighted by molar-refractivity contribution is 5.81. The summed E-state index contributed by atoms with van der Waals surface area (Å²) in [5.74, 6) is -4.02. The molecule has 0 fully saturated rings. The Morgan fingerprint density at radius 2 is 0.786 bits per heavy atom. The number of hydrogen-bond acceptors (Lipinski definition) is 18. The minimum atomic E-state index is -2.18. The first kappa shape index (κ1) is 97.4. The van der Waals surface area contributed by atoms with E-state index in [-0.39, 0.29) is 57.9 Å². The Bertz CT molecular complexity index is 2430. The largest absolute Gasteiger partial charge is 0.444 e. The first-order chi connectivity index (χ1) is 47.6. The van der Waals surface area contributed by atoms with Crippen molar-refractivity contribution in [2.75, 3.05) is 45.8 Å². The molecule has 0 bridgehead atoms. The number of hydrogen-bond donors (Lipinski definition) is 8. The Kier molecular flexibility index (Phi) is 45.9. The van der Waals surface area contributed by atoms with Crippen molar-refractivity contribution in [3.05, 3.63) is 0 Å². The molecule has 8 N–H and O–H groups in total. The lowest BCUT2D eigenvalue weighted by Gasteiger charge is -2.54. The Hall–Kier alpha value is -5.60. The van der Waals surface area contributed by atoms with Gasteiger partial charge in [0.05, 0.1) is 6.10 Å². The van der Waals surface area contributed by atoms with Gasteiger partial charge in [-0.2, -0.15) is 0 Å². The zero-order chi connectivity index (χ0) is 79.0. The Labute approximate surface area is 621 Å². The lowest BCUT2D eigenvalue weighted by Crippen LogP contribution is -2.77. The molecule has 26 nitrogen and oxygen atoms in total. The number of carbonyl (C=O) groups excluding carboxylic acids is 8. The van der Waals surface area contributed by atoms with Crippen molar-refractivity contribution in [1.29, 1.82) is 0 Å². The van der Waals surface area contributed by atoms with Crippen molar-refractivity contribution < 1.29 is 87.2 Å². The molecule has 0 aromatic heterocycles. The number of nitrogens with zero attached hydrogens (tertiary/aromatic N) is 4. The van der Waals surface area contributed by atoms with Gasteiger partial charge in [0.2, 0.25) is 11.7 Å². The number of amides is 8. The quantitative estimate of drug-likeness (QED) is 0.0159. The van der Waals surface area contributed by atoms with Gasteiger partial charge in [-0.1, -0.05) is 130 Å². The zero-order valence-corrected chi connectivity index (χ0v) is 68.3. The van der Waals surface area contributed by atoms with Gasteiger partial charge >= 0.3 is 36.6 Å². The van der Waals surface area contributed by atoms with Crippen molar-refractivity contribution in [2.24, 2.45) is 5.92 Å². The highest BCUT2D eigenvalue weighted by atomic mass is 16.6. The van der Waals surface area contributed by atoms with Gasteiger partial charge in [0, 0.05) is 58.2 Å². The molecule has 7 atom stereocenters. The predicted molar refractivity (Wildman–Crippen MR) is 403 cm³/mol. The summed E-state index contributed by atoms with van der Waals surface area (Å²) in [7, 11) is 0. The molecule has 0 saturated carbocycles. The van der Waals surface area contributed by atoms with Crippen molar-refractivity contribution in [3.8, 4) is 0 Å². The molecule has 604 valence electrons. The second-order valence-corrected chi connectivity index (χ2v) is 33.6. The van der Waals surface area contributed by atoms with Crippen LogP contribution in [0.4, 0.5) is 28.8 Å². The molecular formula is C77H148N8O18. The summed E-state index contributed by atoms with van der Waals surface area (Å²) in [5, 5.41) is 50.6. The van der Waals surface area contributed by atoms with Crippen molar-refractivity contribution >= 4 is 48.4 Å². The van der Waals surface area contributed by atoms with Crippen LogP contribution in [0.5, 0.6) is 0 Å². The van der Waals surface area contributed by atoms with Crippen molar-refractivity contribution in [2.45, 2.75) is 396 Å². The molecule has 0 aliphatic rings. The normalized spacial score (nSPS) is 14.6. The van der Waals surface area contributed by atoms with E-state index in [4.69, 9.17) is 28.4 Å². The first-order valence-corrected chi connectivity index (χ1v) is 38.9. The number of carbonyl (C=O) groups is 8. The Balaban J connectivity index is 6.90. The number of ether oxygens (including phenoxy) is 6. The molecule has 103 heavy (non-hydrogen) atoms. The summed E-state index contributed by atoms with van der Waals surface area (Å²) >= 11 is 0. The van der Waals surface area contributed by atoms with E-state index in [9.17, 15) is 44.4 Å². The number of aliphatic hydroxyl groups excluding tert-OH is 4. The molecule has 0 aromatic carbocycles. The van der Waals surface area contributed by atoms with E-state index in [0.717, 1.165) is 57.8 Å². The number of aliphatic hydroxyl groups is 4. The van der Waals surface area contributed by atoms with Gasteiger partial charge in [0.15, 0.2) is 6.10 Å². The van der Waals surface area contributed by atoms with Crippen LogP contribution in [0.2, 0.25) is 0 Å². The second-order valence-electron chi connectivity index (χ2n) is 33.6. The van der Waals surface area contributed by atoms with E-state index in [1.807, 2.05) is 20.8 Å². The number of alkyl carbamates (subject to hydrolysis) is 2. The highest BCUT2D eigenvalue weighted by Gasteiger charge is 2.57. The molecule has 0 radical (unpaired) electrons. The fraction of sp³-hybridized carbons (Fsp3) is 0.896. The zero-order valence-electron chi connectivity index (χ0n) is 68.3. The van der Waals surface area contributed by atoms with Crippen LogP contribution in [0.15, 0.2) is 0 Å². The fourth-order valence-corrected chi connectivity index (χ4v) is 11.5. The summed E-state index contributed by atoms with van der Waals surface area (Å²) in [5.41, 5.74) is -5.99. The molecule has 26 heteroatoms. The minimum Gasteiger partial charge on any atom is -0.444 e. The van der Waals surface area contributed by atoms with Crippen molar-refractivity contribution in [1.82, 2.24) is 40.9 Å². The number of nitrogens with one attached hydrogen (secondary N) is 4. The fourth-order valence-electron chi connectivity index (χ4n) is 11.5. The third-order valence-electron chi connectivity index (χ3n) is 16.3. The van der Waals surface area contributed by atoms with Crippen LogP contribution in [0.25, 0.3) is 0 Å². The molecule has 0 aliphatic carbocycles. The van der Waals surface area contributed by atoms with E-state index in [1.54, 1.807) is 125 Å². The van der Waals surface area contributed by atoms with Gasteiger partial charge in [-0.3, -0.25) is 29.6 Å². The third-order valence-corrected chi connectivity index (χ3v) is 16.3. The van der Waals surface area contributed by atoms with E-state index in [2.05, 4.69) is 21.3 Å². The third kappa shape index (κ3) is 44.8. The SMILES string of the molecule is CCCCN(C(=O)OC(C)(C)C)C(NC(=O)OC(C)(C)C)(C(CCCCCCNC(=O)CCCCCCCCCCCCCCCCCNC(=O)[C@H](O)[C@@H](O)[C@H](O)[C@@H](C)O)CN(CCCC(NC(=O)OC(C)(C)C)N(CCC)C(=O)OC(C)(C)C)C(=O)OC(C)(C)C)N(CCC)C(=O)OC(C)(C)C. The van der Waals surface area contributed by atoms with Gasteiger partial charge < -0.3 is 69.7 Å². The van der Waals surface area contributed by atoms with E-state index in [0.29, 0.717) is 70.9 Å². The molecule has 0 heterocycles. The van der Waals surface area contributed by atoms with E-state index < -0.39 is 118 Å². The summed E-state index contributed by atoms with van der Waals surface area (Å²) in [4.78, 5) is 120. The molecule has 3 unspecified atom stereocenters. The monoisotopic (exact) mass is 1470 g/mol. The van der Waals surface area contributed by atoms with Gasteiger partial charge in [0.1, 0.15) is 52.0 Å². The molecule has 0 saturated heterocycles. The van der Waals surface area contributed by atoms with Crippen molar-refractivity contribution in [3.63, 3.8) is 0 Å². The maximum Gasteiger partial charge on any atom is 0.413 e. The smallest absolute Gasteiger partial charge is 0.413 e. The molecule has 0 rings (SSSR count). The summed E-state index contributed by atoms with van der Waals surface area (Å²) < 4.78 is 36.4. The molecule has 0 aliphatic heterocycles. The van der Waals surface area contributed by atoms with Crippen LogP contribution in [-0.4, -0.2) is 204 Å². The van der Waals surface area contributed by atoms with Gasteiger partial charge in [-0.15, -0.1) is 0 Å². The van der Waals surface area contributed by atoms with Crippen LogP contribution in [-0.2, 0) is 38.0 Å².